The number of phenolic OH excluding ortho intramolecular Hbond substituents is 1. The largest absolute Gasteiger partial charge is 0.507 e. The fourth-order valence-electron chi connectivity index (χ4n) is 2.52. The van der Waals surface area contributed by atoms with Crippen LogP contribution >= 0.6 is 0 Å². The molecule has 2 aromatic carbocycles. The van der Waals surface area contributed by atoms with Gasteiger partial charge in [0.2, 0.25) is 0 Å². The van der Waals surface area contributed by atoms with Crippen LogP contribution in [0.15, 0.2) is 53.6 Å². The number of nitrogens with zero attached hydrogens (tertiary/aromatic N) is 2. The Morgan fingerprint density at radius 1 is 1.17 bits per heavy atom. The van der Waals surface area contributed by atoms with Gasteiger partial charge in [0.25, 0.3) is 11.8 Å². The molecular formula is C17H15N3O3. The molecule has 1 aliphatic heterocycles. The molecule has 23 heavy (non-hydrogen) atoms. The number of anilines is 1. The third-order valence-corrected chi connectivity index (χ3v) is 3.63. The summed E-state index contributed by atoms with van der Waals surface area (Å²) in [6.07, 6.45) is 0. The fourth-order valence-corrected chi connectivity index (χ4v) is 2.52. The number of aromatic hydroxyl groups is 1. The van der Waals surface area contributed by atoms with E-state index >= 15 is 0 Å². The zero-order valence-electron chi connectivity index (χ0n) is 12.5. The number of carbonyl (C=O) groups is 2. The van der Waals surface area contributed by atoms with Crippen molar-refractivity contribution >= 4 is 23.2 Å². The second-order valence-corrected chi connectivity index (χ2v) is 4.99. The quantitative estimate of drug-likeness (QED) is 0.850. The predicted molar refractivity (Wildman–Crippen MR) is 86.6 cm³/mol. The monoisotopic (exact) mass is 309 g/mol. The molecule has 0 saturated heterocycles. The molecule has 3 rings (SSSR count). The van der Waals surface area contributed by atoms with Crippen molar-refractivity contribution in [3.8, 4) is 5.75 Å². The molecular weight excluding hydrogens is 294 g/mol. The van der Waals surface area contributed by atoms with E-state index in [0.29, 0.717) is 12.1 Å². The number of hydrogen-bond acceptors (Lipinski definition) is 4. The van der Waals surface area contributed by atoms with Gasteiger partial charge in [0.15, 0.2) is 5.71 Å². The summed E-state index contributed by atoms with van der Waals surface area (Å²) in [5.74, 6) is -0.972. The van der Waals surface area contributed by atoms with E-state index in [1.165, 1.54) is 12.1 Å². The number of carbonyl (C=O) groups excluding carboxylic acids is 2. The molecule has 0 bridgehead atoms. The highest BCUT2D eigenvalue weighted by molar-refractivity contribution is 6.54. The third-order valence-electron chi connectivity index (χ3n) is 3.63. The minimum Gasteiger partial charge on any atom is -0.507 e. The van der Waals surface area contributed by atoms with Gasteiger partial charge in [-0.3, -0.25) is 9.59 Å². The van der Waals surface area contributed by atoms with Crippen LogP contribution in [0.1, 0.15) is 22.8 Å². The highest BCUT2D eigenvalue weighted by Gasteiger charge is 2.32. The van der Waals surface area contributed by atoms with Gasteiger partial charge in [-0.15, -0.1) is 0 Å². The number of hydrogen-bond donors (Lipinski definition) is 2. The number of benzene rings is 2. The second kappa shape index (κ2) is 5.92. The van der Waals surface area contributed by atoms with E-state index < -0.39 is 5.91 Å². The molecule has 116 valence electrons. The minimum atomic E-state index is -0.573. The van der Waals surface area contributed by atoms with Gasteiger partial charge in [0.1, 0.15) is 5.75 Å². The maximum absolute atomic E-state index is 12.4. The number of para-hydroxylation sites is 2. The van der Waals surface area contributed by atoms with Gasteiger partial charge in [-0.2, -0.15) is 5.10 Å². The topological polar surface area (TPSA) is 82.0 Å². The first kappa shape index (κ1) is 14.8. The Morgan fingerprint density at radius 2 is 1.87 bits per heavy atom. The number of nitrogens with one attached hydrogen (secondary N) is 1. The smallest absolute Gasteiger partial charge is 0.279 e. The zero-order chi connectivity index (χ0) is 16.4. The van der Waals surface area contributed by atoms with Crippen molar-refractivity contribution in [3.63, 3.8) is 0 Å². The summed E-state index contributed by atoms with van der Waals surface area (Å²) >= 11 is 0. The van der Waals surface area contributed by atoms with Crippen LogP contribution in [0.5, 0.6) is 5.75 Å². The lowest BCUT2D eigenvalue weighted by Gasteiger charge is -2.12. The Balaban J connectivity index is 1.90. The molecule has 2 N–H and O–H groups in total. The summed E-state index contributed by atoms with van der Waals surface area (Å²) in [4.78, 5) is 26.1. The maximum Gasteiger partial charge on any atom is 0.279 e. The number of rotatable bonds is 3. The zero-order valence-corrected chi connectivity index (χ0v) is 12.5. The molecule has 1 heterocycles. The van der Waals surface area contributed by atoms with E-state index in [4.69, 9.17) is 0 Å². The second-order valence-electron chi connectivity index (χ2n) is 4.99. The fraction of sp³-hybridized carbons (Fsp3) is 0.118. The van der Waals surface area contributed by atoms with Crippen LogP contribution in [0.3, 0.4) is 0 Å². The number of phenols is 1. The van der Waals surface area contributed by atoms with E-state index in [0.717, 1.165) is 5.69 Å². The van der Waals surface area contributed by atoms with Crippen LogP contribution in [0, 0.1) is 0 Å². The summed E-state index contributed by atoms with van der Waals surface area (Å²) in [6.45, 7) is 2.39. The number of fused-ring (bicyclic) bond motifs is 1. The Bertz CT molecular complexity index is 814. The average Bonchev–Trinajstić information content (AvgIpc) is 2.84. The van der Waals surface area contributed by atoms with E-state index in [1.807, 2.05) is 25.1 Å². The van der Waals surface area contributed by atoms with Crippen molar-refractivity contribution < 1.29 is 14.7 Å². The normalized spacial score (nSPS) is 14.9. The molecule has 0 spiro atoms. The van der Waals surface area contributed by atoms with Crippen molar-refractivity contribution in [3.05, 3.63) is 59.7 Å². The lowest BCUT2D eigenvalue weighted by Crippen LogP contribution is -2.31. The summed E-state index contributed by atoms with van der Waals surface area (Å²) in [5.41, 5.74) is 4.08. The van der Waals surface area contributed by atoms with Crippen molar-refractivity contribution in [2.24, 2.45) is 5.10 Å². The molecule has 0 atom stereocenters. The van der Waals surface area contributed by atoms with Gasteiger partial charge in [-0.05, 0) is 25.1 Å². The van der Waals surface area contributed by atoms with Gasteiger partial charge in [0.05, 0.1) is 11.3 Å². The lowest BCUT2D eigenvalue weighted by atomic mass is 10.1. The Kier molecular flexibility index (Phi) is 3.80. The Labute approximate surface area is 133 Å². The standard InChI is InChI=1S/C17H15N3O3/c1-2-20-13-9-5-3-7-11(13)15(17(20)23)18-19-16(22)12-8-4-6-10-14(12)21/h3-10,21H,2H2,1H3,(H,19,22)/b18-15-. The van der Waals surface area contributed by atoms with Crippen LogP contribution in [-0.2, 0) is 4.79 Å². The molecule has 0 aliphatic carbocycles. The third kappa shape index (κ3) is 2.55. The van der Waals surface area contributed by atoms with Gasteiger partial charge in [0, 0.05) is 12.1 Å². The predicted octanol–water partition coefficient (Wildman–Crippen LogP) is 1.89. The summed E-state index contributed by atoms with van der Waals surface area (Å²) in [6, 6.07) is 13.4. The van der Waals surface area contributed by atoms with Crippen LogP contribution in [0.25, 0.3) is 0 Å². The number of hydrazone groups is 1. The molecule has 1 aliphatic rings. The maximum atomic E-state index is 12.4. The van der Waals surface area contributed by atoms with E-state index in [9.17, 15) is 14.7 Å². The van der Waals surface area contributed by atoms with Crippen LogP contribution in [-0.4, -0.2) is 29.2 Å². The molecule has 6 heteroatoms. The molecule has 2 aromatic rings. The van der Waals surface area contributed by atoms with Crippen LogP contribution in [0.2, 0.25) is 0 Å². The summed E-state index contributed by atoms with van der Waals surface area (Å²) in [7, 11) is 0. The van der Waals surface area contributed by atoms with Gasteiger partial charge in [-0.25, -0.2) is 5.43 Å². The highest BCUT2D eigenvalue weighted by atomic mass is 16.3. The Morgan fingerprint density at radius 3 is 2.61 bits per heavy atom. The molecule has 0 unspecified atom stereocenters. The lowest BCUT2D eigenvalue weighted by molar-refractivity contribution is -0.112. The van der Waals surface area contributed by atoms with Crippen molar-refractivity contribution in [2.75, 3.05) is 11.4 Å². The molecule has 0 saturated carbocycles. The average molecular weight is 309 g/mol. The van der Waals surface area contributed by atoms with Crippen molar-refractivity contribution in [1.29, 1.82) is 0 Å². The summed E-state index contributed by atoms with van der Waals surface area (Å²) < 4.78 is 0. The molecule has 6 nitrogen and oxygen atoms in total. The van der Waals surface area contributed by atoms with Gasteiger partial charge >= 0.3 is 0 Å². The van der Waals surface area contributed by atoms with Crippen molar-refractivity contribution in [2.45, 2.75) is 6.92 Å². The first-order valence-corrected chi connectivity index (χ1v) is 7.20. The molecule has 0 radical (unpaired) electrons. The van der Waals surface area contributed by atoms with Gasteiger partial charge in [-0.1, -0.05) is 30.3 Å². The van der Waals surface area contributed by atoms with Crippen LogP contribution < -0.4 is 10.3 Å². The van der Waals surface area contributed by atoms with Gasteiger partial charge < -0.3 is 10.0 Å². The molecule has 2 amide bonds. The summed E-state index contributed by atoms with van der Waals surface area (Å²) in [5, 5.41) is 13.7. The van der Waals surface area contributed by atoms with E-state index in [2.05, 4.69) is 10.5 Å². The molecule has 0 aromatic heterocycles. The first-order chi connectivity index (χ1) is 11.1. The Hall–Kier alpha value is -3.15. The van der Waals surface area contributed by atoms with E-state index in [-0.39, 0.29) is 22.9 Å². The number of likely N-dealkylation sites (N-methyl/N-ethyl adjacent to an activating group) is 1. The van der Waals surface area contributed by atoms with Crippen molar-refractivity contribution in [1.82, 2.24) is 5.43 Å². The number of amides is 2. The first-order valence-electron chi connectivity index (χ1n) is 7.20. The van der Waals surface area contributed by atoms with E-state index in [1.54, 1.807) is 23.1 Å². The SMILES string of the molecule is CCN1C(=O)/C(=N\NC(=O)c2ccccc2O)c2ccccc21. The van der Waals surface area contributed by atoms with Crippen LogP contribution in [0.4, 0.5) is 5.69 Å². The molecule has 0 fully saturated rings. The highest BCUT2D eigenvalue weighted by Crippen LogP contribution is 2.28. The minimum absolute atomic E-state index is 0.0999.